The van der Waals surface area contributed by atoms with Gasteiger partial charge in [0.1, 0.15) is 5.75 Å². The molecule has 1 N–H and O–H groups in total. The number of carbonyl (C=O) groups excluding carboxylic acids is 1. The van der Waals surface area contributed by atoms with Gasteiger partial charge in [-0.1, -0.05) is 36.4 Å². The van der Waals surface area contributed by atoms with E-state index in [0.29, 0.717) is 23.2 Å². The summed E-state index contributed by atoms with van der Waals surface area (Å²) in [6, 6.07) is 11.5. The molecule has 0 bridgehead atoms. The zero-order valence-corrected chi connectivity index (χ0v) is 16.9. The molecule has 1 amide bonds. The number of para-hydroxylation sites is 1. The molecule has 1 unspecified atom stereocenters. The fraction of sp³-hybridized carbons (Fsp3) is 0.435. The molecular formula is C23H24F3NO3. The van der Waals surface area contributed by atoms with Crippen LogP contribution in [-0.2, 0) is 6.54 Å². The Labute approximate surface area is 173 Å². The van der Waals surface area contributed by atoms with Crippen molar-refractivity contribution in [2.45, 2.75) is 51.1 Å². The Balaban J connectivity index is 1.72. The summed E-state index contributed by atoms with van der Waals surface area (Å²) < 4.78 is 43.1. The standard InChI is InChI=1S/C23H24F3NO3/c1-22(2,29)20(14-10-11-14)27-12-15-6-5-8-17(19(15)21(27)28)16-7-3-4-9-18(16)30-13-23(24,25)26/h3-9,14,20,29H,10-13H2,1-2H3. The Morgan fingerprint density at radius 3 is 2.40 bits per heavy atom. The van der Waals surface area contributed by atoms with Gasteiger partial charge in [-0.2, -0.15) is 13.2 Å². The highest BCUT2D eigenvalue weighted by atomic mass is 19.4. The van der Waals surface area contributed by atoms with Crippen molar-refractivity contribution in [3.63, 3.8) is 0 Å². The van der Waals surface area contributed by atoms with Crippen LogP contribution in [0.3, 0.4) is 0 Å². The van der Waals surface area contributed by atoms with Crippen molar-refractivity contribution in [1.29, 1.82) is 0 Å². The molecule has 2 aromatic rings. The van der Waals surface area contributed by atoms with Crippen LogP contribution >= 0.6 is 0 Å². The second kappa shape index (κ2) is 7.30. The number of hydrogen-bond donors (Lipinski definition) is 1. The maximum absolute atomic E-state index is 13.4. The Kier molecular flexibility index (Phi) is 5.04. The quantitative estimate of drug-likeness (QED) is 0.732. The van der Waals surface area contributed by atoms with E-state index < -0.39 is 18.4 Å². The van der Waals surface area contributed by atoms with Crippen LogP contribution in [0.15, 0.2) is 42.5 Å². The molecule has 1 saturated carbocycles. The lowest BCUT2D eigenvalue weighted by atomic mass is 9.92. The Morgan fingerprint density at radius 2 is 1.77 bits per heavy atom. The first-order chi connectivity index (χ1) is 14.1. The third kappa shape index (κ3) is 4.03. The molecule has 2 aromatic carbocycles. The summed E-state index contributed by atoms with van der Waals surface area (Å²) in [6.07, 6.45) is -2.52. The van der Waals surface area contributed by atoms with Gasteiger partial charge in [-0.05, 0) is 49.8 Å². The number of nitrogens with zero attached hydrogens (tertiary/aromatic N) is 1. The lowest BCUT2D eigenvalue weighted by molar-refractivity contribution is -0.153. The summed E-state index contributed by atoms with van der Waals surface area (Å²) in [5.41, 5.74) is 1.21. The van der Waals surface area contributed by atoms with Crippen molar-refractivity contribution >= 4 is 5.91 Å². The summed E-state index contributed by atoms with van der Waals surface area (Å²) in [5.74, 6) is 0.134. The monoisotopic (exact) mass is 419 g/mol. The molecule has 160 valence electrons. The molecule has 1 fully saturated rings. The zero-order valence-electron chi connectivity index (χ0n) is 16.9. The minimum Gasteiger partial charge on any atom is -0.483 e. The van der Waals surface area contributed by atoms with Crippen molar-refractivity contribution in [2.75, 3.05) is 6.61 Å². The molecule has 2 aliphatic rings. The van der Waals surface area contributed by atoms with Gasteiger partial charge >= 0.3 is 6.18 Å². The summed E-state index contributed by atoms with van der Waals surface area (Å²) in [5, 5.41) is 10.7. The zero-order chi connectivity index (χ0) is 21.7. The van der Waals surface area contributed by atoms with E-state index in [1.54, 1.807) is 49.1 Å². The van der Waals surface area contributed by atoms with Gasteiger partial charge in [0.15, 0.2) is 6.61 Å². The smallest absolute Gasteiger partial charge is 0.422 e. The molecular weight excluding hydrogens is 395 g/mol. The van der Waals surface area contributed by atoms with Crippen LogP contribution in [0.1, 0.15) is 42.6 Å². The van der Waals surface area contributed by atoms with E-state index in [0.717, 1.165) is 18.4 Å². The SMILES string of the molecule is CC(C)(O)C(C1CC1)N1Cc2cccc(-c3ccccc3OCC(F)(F)F)c2C1=O. The number of halogens is 3. The van der Waals surface area contributed by atoms with Crippen LogP contribution < -0.4 is 4.74 Å². The van der Waals surface area contributed by atoms with Crippen LogP contribution in [0.25, 0.3) is 11.1 Å². The normalized spacial score (nSPS) is 17.8. The lowest BCUT2D eigenvalue weighted by Crippen LogP contribution is -2.51. The Hall–Kier alpha value is -2.54. The van der Waals surface area contributed by atoms with E-state index in [4.69, 9.17) is 4.74 Å². The molecule has 4 rings (SSSR count). The summed E-state index contributed by atoms with van der Waals surface area (Å²) in [4.78, 5) is 15.1. The van der Waals surface area contributed by atoms with E-state index in [9.17, 15) is 23.1 Å². The summed E-state index contributed by atoms with van der Waals surface area (Å²) in [7, 11) is 0. The van der Waals surface area contributed by atoms with E-state index in [-0.39, 0.29) is 23.6 Å². The van der Waals surface area contributed by atoms with Crippen LogP contribution in [0, 0.1) is 5.92 Å². The minimum atomic E-state index is -4.46. The molecule has 30 heavy (non-hydrogen) atoms. The largest absolute Gasteiger partial charge is 0.483 e. The average molecular weight is 419 g/mol. The predicted octanol–water partition coefficient (Wildman–Crippen LogP) is 4.80. The van der Waals surface area contributed by atoms with Crippen LogP contribution in [0.5, 0.6) is 5.75 Å². The molecule has 7 heteroatoms. The molecule has 1 atom stereocenters. The second-order valence-corrected chi connectivity index (χ2v) is 8.61. The van der Waals surface area contributed by atoms with Crippen molar-refractivity contribution in [1.82, 2.24) is 4.90 Å². The maximum atomic E-state index is 13.4. The number of hydrogen-bond acceptors (Lipinski definition) is 3. The fourth-order valence-corrected chi connectivity index (χ4v) is 4.43. The molecule has 4 nitrogen and oxygen atoms in total. The van der Waals surface area contributed by atoms with Gasteiger partial charge in [0.05, 0.1) is 17.2 Å². The number of fused-ring (bicyclic) bond motifs is 1. The van der Waals surface area contributed by atoms with Gasteiger partial charge in [0.25, 0.3) is 5.91 Å². The van der Waals surface area contributed by atoms with E-state index >= 15 is 0 Å². The molecule has 1 aliphatic heterocycles. The lowest BCUT2D eigenvalue weighted by Gasteiger charge is -2.37. The molecule has 1 aliphatic carbocycles. The Morgan fingerprint density at radius 1 is 1.10 bits per heavy atom. The number of ether oxygens (including phenoxy) is 1. The van der Waals surface area contributed by atoms with Crippen molar-refractivity contribution < 1.29 is 27.8 Å². The summed E-state index contributed by atoms with van der Waals surface area (Å²) in [6.45, 7) is 2.40. The molecule has 0 spiro atoms. The first-order valence-corrected chi connectivity index (χ1v) is 10.0. The predicted molar refractivity (Wildman–Crippen MR) is 106 cm³/mol. The maximum Gasteiger partial charge on any atom is 0.422 e. The van der Waals surface area contributed by atoms with Gasteiger partial charge in [0.2, 0.25) is 0 Å². The van der Waals surface area contributed by atoms with Crippen LogP contribution in [0.2, 0.25) is 0 Å². The molecule has 0 saturated heterocycles. The topological polar surface area (TPSA) is 49.8 Å². The highest BCUT2D eigenvalue weighted by Gasteiger charge is 2.48. The van der Waals surface area contributed by atoms with Crippen LogP contribution in [0.4, 0.5) is 13.2 Å². The average Bonchev–Trinajstić information content (AvgIpc) is 3.43. The van der Waals surface area contributed by atoms with Crippen LogP contribution in [-0.4, -0.2) is 40.3 Å². The molecule has 0 radical (unpaired) electrons. The number of rotatable bonds is 6. The highest BCUT2D eigenvalue weighted by molar-refractivity contribution is 6.05. The molecule has 1 heterocycles. The van der Waals surface area contributed by atoms with Gasteiger partial charge in [-0.15, -0.1) is 0 Å². The van der Waals surface area contributed by atoms with E-state index in [2.05, 4.69) is 0 Å². The molecule has 0 aromatic heterocycles. The minimum absolute atomic E-state index is 0.0794. The highest BCUT2D eigenvalue weighted by Crippen LogP contribution is 2.45. The third-order valence-electron chi connectivity index (χ3n) is 5.66. The number of alkyl halides is 3. The number of benzene rings is 2. The first kappa shape index (κ1) is 20.7. The van der Waals surface area contributed by atoms with E-state index in [1.807, 2.05) is 6.07 Å². The Bertz CT molecular complexity index is 961. The number of carbonyl (C=O) groups is 1. The first-order valence-electron chi connectivity index (χ1n) is 10.0. The summed E-state index contributed by atoms with van der Waals surface area (Å²) >= 11 is 0. The van der Waals surface area contributed by atoms with Crippen molar-refractivity contribution in [3.8, 4) is 16.9 Å². The van der Waals surface area contributed by atoms with Gasteiger partial charge in [-0.25, -0.2) is 0 Å². The third-order valence-corrected chi connectivity index (χ3v) is 5.66. The van der Waals surface area contributed by atoms with Gasteiger partial charge in [0, 0.05) is 12.1 Å². The van der Waals surface area contributed by atoms with Gasteiger partial charge in [-0.3, -0.25) is 4.79 Å². The number of amides is 1. The van der Waals surface area contributed by atoms with E-state index in [1.165, 1.54) is 6.07 Å². The van der Waals surface area contributed by atoms with Crippen molar-refractivity contribution in [2.24, 2.45) is 5.92 Å². The van der Waals surface area contributed by atoms with Crippen molar-refractivity contribution in [3.05, 3.63) is 53.6 Å². The second-order valence-electron chi connectivity index (χ2n) is 8.61. The number of aliphatic hydroxyl groups is 1. The fourth-order valence-electron chi connectivity index (χ4n) is 4.43. The van der Waals surface area contributed by atoms with Gasteiger partial charge < -0.3 is 14.7 Å².